The average molecular weight is 316 g/mol. The lowest BCUT2D eigenvalue weighted by Gasteiger charge is -2.33. The van der Waals surface area contributed by atoms with Gasteiger partial charge in [0.25, 0.3) is 0 Å². The van der Waals surface area contributed by atoms with Gasteiger partial charge in [0, 0.05) is 32.7 Å². The topological polar surface area (TPSA) is 77.9 Å². The van der Waals surface area contributed by atoms with Crippen molar-refractivity contribution >= 4 is 16.0 Å². The van der Waals surface area contributed by atoms with E-state index < -0.39 is 21.8 Å². The van der Waals surface area contributed by atoms with Gasteiger partial charge in [-0.05, 0) is 17.7 Å². The average Bonchev–Trinajstić information content (AvgIpc) is 2.40. The molecule has 0 radical (unpaired) electrons. The van der Waals surface area contributed by atoms with Gasteiger partial charge in [0.15, 0.2) is 0 Å². The highest BCUT2D eigenvalue weighted by atomic mass is 32.2. The van der Waals surface area contributed by atoms with E-state index in [0.29, 0.717) is 38.3 Å². The second-order valence-electron chi connectivity index (χ2n) is 5.06. The van der Waals surface area contributed by atoms with Crippen molar-refractivity contribution in [3.05, 3.63) is 35.1 Å². The number of carbonyl (C=O) groups is 1. The third-order valence-electron chi connectivity index (χ3n) is 3.47. The van der Waals surface area contributed by atoms with Crippen LogP contribution in [0.3, 0.4) is 0 Å². The van der Waals surface area contributed by atoms with Crippen LogP contribution in [0.1, 0.15) is 15.9 Å². The number of rotatable bonds is 4. The zero-order valence-corrected chi connectivity index (χ0v) is 12.4. The monoisotopic (exact) mass is 316 g/mol. The predicted molar refractivity (Wildman–Crippen MR) is 75.1 cm³/mol. The van der Waals surface area contributed by atoms with Crippen LogP contribution in [0.2, 0.25) is 0 Å². The van der Waals surface area contributed by atoms with Gasteiger partial charge in [-0.25, -0.2) is 17.6 Å². The second kappa shape index (κ2) is 6.08. The molecule has 116 valence electrons. The van der Waals surface area contributed by atoms with Crippen molar-refractivity contribution in [2.24, 2.45) is 0 Å². The highest BCUT2D eigenvalue weighted by molar-refractivity contribution is 7.88. The molecule has 0 bridgehead atoms. The maximum Gasteiger partial charge on any atom is 0.338 e. The number of sulfonamides is 1. The largest absolute Gasteiger partial charge is 0.478 e. The van der Waals surface area contributed by atoms with Crippen LogP contribution < -0.4 is 0 Å². The van der Waals surface area contributed by atoms with Gasteiger partial charge in [0.1, 0.15) is 5.82 Å². The molecule has 0 atom stereocenters. The summed E-state index contributed by atoms with van der Waals surface area (Å²) in [5.41, 5.74) is 0.351. The Morgan fingerprint density at radius 3 is 2.43 bits per heavy atom. The summed E-state index contributed by atoms with van der Waals surface area (Å²) < 4.78 is 37.5. The van der Waals surface area contributed by atoms with Crippen LogP contribution in [0.4, 0.5) is 4.39 Å². The molecule has 1 aromatic rings. The smallest absolute Gasteiger partial charge is 0.338 e. The molecule has 1 fully saturated rings. The molecule has 2 rings (SSSR count). The number of benzene rings is 1. The summed E-state index contributed by atoms with van der Waals surface area (Å²) in [4.78, 5) is 12.9. The van der Waals surface area contributed by atoms with Crippen LogP contribution in [-0.2, 0) is 16.6 Å². The fraction of sp³-hybridized carbons (Fsp3) is 0.462. The molecule has 1 saturated heterocycles. The second-order valence-corrected chi connectivity index (χ2v) is 7.04. The Kier molecular flexibility index (Phi) is 4.60. The van der Waals surface area contributed by atoms with E-state index in [9.17, 15) is 17.6 Å². The van der Waals surface area contributed by atoms with Gasteiger partial charge in [0.2, 0.25) is 10.0 Å². The van der Waals surface area contributed by atoms with E-state index in [-0.39, 0.29) is 5.56 Å². The number of hydrogen-bond donors (Lipinski definition) is 1. The quantitative estimate of drug-likeness (QED) is 0.880. The van der Waals surface area contributed by atoms with Crippen LogP contribution in [0.15, 0.2) is 18.2 Å². The van der Waals surface area contributed by atoms with E-state index >= 15 is 0 Å². The lowest BCUT2D eigenvalue weighted by Crippen LogP contribution is -2.47. The van der Waals surface area contributed by atoms with Crippen LogP contribution in [0.5, 0.6) is 0 Å². The van der Waals surface area contributed by atoms with Crippen molar-refractivity contribution in [3.8, 4) is 0 Å². The minimum absolute atomic E-state index is 0.345. The van der Waals surface area contributed by atoms with Gasteiger partial charge in [-0.15, -0.1) is 0 Å². The molecule has 1 aromatic carbocycles. The zero-order valence-electron chi connectivity index (χ0n) is 11.6. The number of piperazine rings is 1. The molecule has 0 amide bonds. The first kappa shape index (κ1) is 15.9. The molecule has 0 saturated carbocycles. The Morgan fingerprint density at radius 2 is 1.90 bits per heavy atom. The number of halogens is 1. The van der Waals surface area contributed by atoms with Crippen molar-refractivity contribution in [2.45, 2.75) is 6.54 Å². The van der Waals surface area contributed by atoms with Gasteiger partial charge in [-0.1, -0.05) is 6.07 Å². The summed E-state index contributed by atoms with van der Waals surface area (Å²) in [6.45, 7) is 2.41. The summed E-state index contributed by atoms with van der Waals surface area (Å²) in [5.74, 6) is -2.05. The normalized spacial score (nSPS) is 17.8. The molecule has 0 spiro atoms. The molecule has 0 aliphatic carbocycles. The van der Waals surface area contributed by atoms with Crippen molar-refractivity contribution in [1.29, 1.82) is 0 Å². The maximum absolute atomic E-state index is 13.3. The molecule has 8 heteroatoms. The molecule has 1 aliphatic rings. The highest BCUT2D eigenvalue weighted by Gasteiger charge is 2.23. The first-order valence-corrected chi connectivity index (χ1v) is 8.31. The lowest BCUT2D eigenvalue weighted by atomic mass is 10.1. The van der Waals surface area contributed by atoms with E-state index in [2.05, 4.69) is 0 Å². The summed E-state index contributed by atoms with van der Waals surface area (Å²) >= 11 is 0. The number of aromatic carboxylic acids is 1. The fourth-order valence-electron chi connectivity index (χ4n) is 2.31. The third-order valence-corrected chi connectivity index (χ3v) is 4.77. The van der Waals surface area contributed by atoms with Crippen LogP contribution in [0.25, 0.3) is 0 Å². The number of carboxylic acids is 1. The van der Waals surface area contributed by atoms with E-state index in [1.807, 2.05) is 4.90 Å². The van der Waals surface area contributed by atoms with E-state index in [0.717, 1.165) is 6.07 Å². The van der Waals surface area contributed by atoms with E-state index in [1.54, 1.807) is 6.07 Å². The molecular formula is C13H17FN2O4S. The molecule has 0 aromatic heterocycles. The molecule has 1 heterocycles. The number of carboxylic acid groups (broad SMARTS) is 1. The Hall–Kier alpha value is -1.51. The lowest BCUT2D eigenvalue weighted by molar-refractivity contribution is 0.0691. The highest BCUT2D eigenvalue weighted by Crippen LogP contribution is 2.14. The standard InChI is InChI=1S/C13H17FN2O4S/c1-21(19,20)16-6-4-15(5-7-16)9-10-2-3-12(14)11(8-10)13(17)18/h2-3,8H,4-7,9H2,1H3,(H,17,18). The van der Waals surface area contributed by atoms with Crippen LogP contribution >= 0.6 is 0 Å². The molecule has 1 N–H and O–H groups in total. The van der Waals surface area contributed by atoms with Crippen LogP contribution in [0, 0.1) is 5.82 Å². The van der Waals surface area contributed by atoms with Gasteiger partial charge in [-0.2, -0.15) is 4.31 Å². The Labute approximate surface area is 122 Å². The van der Waals surface area contributed by atoms with Gasteiger partial charge < -0.3 is 5.11 Å². The van der Waals surface area contributed by atoms with Gasteiger partial charge in [0.05, 0.1) is 11.8 Å². The molecule has 6 nitrogen and oxygen atoms in total. The molecular weight excluding hydrogens is 299 g/mol. The third kappa shape index (κ3) is 3.99. The van der Waals surface area contributed by atoms with Gasteiger partial charge >= 0.3 is 5.97 Å². The summed E-state index contributed by atoms with van der Waals surface area (Å²) in [6, 6.07) is 4.01. The summed E-state index contributed by atoms with van der Waals surface area (Å²) in [6.07, 6.45) is 1.18. The van der Waals surface area contributed by atoms with Crippen molar-refractivity contribution in [1.82, 2.24) is 9.21 Å². The zero-order chi connectivity index (χ0) is 15.6. The Bertz CT molecular complexity index is 640. The van der Waals surface area contributed by atoms with Gasteiger partial charge in [-0.3, -0.25) is 4.90 Å². The maximum atomic E-state index is 13.3. The Morgan fingerprint density at radius 1 is 1.29 bits per heavy atom. The number of nitrogens with zero attached hydrogens (tertiary/aromatic N) is 2. The molecule has 0 unspecified atom stereocenters. The first-order valence-electron chi connectivity index (χ1n) is 6.46. The predicted octanol–water partition coefficient (Wildman–Crippen LogP) is 0.601. The van der Waals surface area contributed by atoms with E-state index in [4.69, 9.17) is 5.11 Å². The van der Waals surface area contributed by atoms with E-state index in [1.165, 1.54) is 16.6 Å². The fourth-order valence-corrected chi connectivity index (χ4v) is 3.14. The molecule has 21 heavy (non-hydrogen) atoms. The Balaban J connectivity index is 2.01. The SMILES string of the molecule is CS(=O)(=O)N1CCN(Cc2ccc(F)c(C(=O)O)c2)CC1. The molecule has 1 aliphatic heterocycles. The first-order chi connectivity index (χ1) is 9.77. The van der Waals surface area contributed by atoms with Crippen LogP contribution in [-0.4, -0.2) is 61.1 Å². The van der Waals surface area contributed by atoms with Crippen molar-refractivity contribution in [3.63, 3.8) is 0 Å². The minimum Gasteiger partial charge on any atom is -0.478 e. The van der Waals surface area contributed by atoms with Crippen molar-refractivity contribution < 1.29 is 22.7 Å². The number of hydrogen-bond acceptors (Lipinski definition) is 4. The summed E-state index contributed by atoms with van der Waals surface area (Å²) in [7, 11) is -3.17. The summed E-state index contributed by atoms with van der Waals surface area (Å²) in [5, 5.41) is 8.89. The van der Waals surface area contributed by atoms with Crippen molar-refractivity contribution in [2.75, 3.05) is 32.4 Å². The minimum atomic E-state index is -3.17.